The van der Waals surface area contributed by atoms with Crippen molar-refractivity contribution in [1.29, 1.82) is 0 Å². The molecule has 0 radical (unpaired) electrons. The zero-order valence-electron chi connectivity index (χ0n) is 13.3. The normalized spacial score (nSPS) is 10.8. The molecule has 0 atom stereocenters. The number of imidazole rings is 1. The maximum absolute atomic E-state index is 13.1. The zero-order valence-corrected chi connectivity index (χ0v) is 13.3. The van der Waals surface area contributed by atoms with E-state index in [1.807, 2.05) is 0 Å². The van der Waals surface area contributed by atoms with Crippen LogP contribution in [-0.4, -0.2) is 25.6 Å². The van der Waals surface area contributed by atoms with E-state index in [2.05, 4.69) is 15.1 Å². The molecule has 0 aliphatic heterocycles. The number of primary amides is 1. The average molecular weight is 349 g/mol. The van der Waals surface area contributed by atoms with Crippen LogP contribution in [0, 0.1) is 5.82 Å². The summed E-state index contributed by atoms with van der Waals surface area (Å²) < 4.78 is 20.2. The second-order valence-electron chi connectivity index (χ2n) is 5.49. The molecular weight excluding hydrogens is 337 g/mol. The monoisotopic (exact) mass is 349 g/mol. The fraction of sp³-hybridized carbons (Fsp3) is 0. The highest BCUT2D eigenvalue weighted by Gasteiger charge is 2.16. The fourth-order valence-electron chi connectivity index (χ4n) is 2.52. The van der Waals surface area contributed by atoms with Gasteiger partial charge in [0.25, 0.3) is 5.89 Å². The summed E-state index contributed by atoms with van der Waals surface area (Å²) in [7, 11) is 0. The minimum Gasteiger partial charge on any atom is -0.366 e. The van der Waals surface area contributed by atoms with Gasteiger partial charge in [-0.2, -0.15) is 4.98 Å². The Morgan fingerprint density at radius 2 is 1.96 bits per heavy atom. The Labute approximate surface area is 146 Å². The molecule has 2 aromatic heterocycles. The highest BCUT2D eigenvalue weighted by Crippen LogP contribution is 2.25. The van der Waals surface area contributed by atoms with Crippen molar-refractivity contribution in [2.45, 2.75) is 0 Å². The van der Waals surface area contributed by atoms with Gasteiger partial charge in [0.05, 0.1) is 12.5 Å². The van der Waals surface area contributed by atoms with E-state index in [4.69, 9.17) is 10.3 Å². The number of benzene rings is 2. The molecule has 2 aromatic carbocycles. The van der Waals surface area contributed by atoms with Crippen LogP contribution >= 0.6 is 0 Å². The van der Waals surface area contributed by atoms with Crippen LogP contribution in [-0.2, 0) is 0 Å². The van der Waals surface area contributed by atoms with Gasteiger partial charge in [-0.1, -0.05) is 17.3 Å². The minimum atomic E-state index is -0.537. The molecule has 1 amide bonds. The molecule has 2 heterocycles. The highest BCUT2D eigenvalue weighted by atomic mass is 19.1. The first-order chi connectivity index (χ1) is 12.6. The zero-order chi connectivity index (χ0) is 18.1. The molecule has 8 heteroatoms. The number of nitrogens with two attached hydrogens (primary N) is 1. The SMILES string of the molecule is NC(=O)c1cccc(-c2noc(-c3cncn3-c3ccc(F)cc3)n2)c1. The molecule has 128 valence electrons. The van der Waals surface area contributed by atoms with Crippen molar-refractivity contribution in [3.05, 3.63) is 72.4 Å². The lowest BCUT2D eigenvalue weighted by Crippen LogP contribution is -2.10. The first-order valence-electron chi connectivity index (χ1n) is 7.64. The van der Waals surface area contributed by atoms with Gasteiger partial charge in [-0.15, -0.1) is 0 Å². The molecule has 0 fully saturated rings. The predicted molar refractivity (Wildman–Crippen MR) is 90.8 cm³/mol. The maximum Gasteiger partial charge on any atom is 0.276 e. The molecule has 0 spiro atoms. The van der Waals surface area contributed by atoms with Gasteiger partial charge in [0.15, 0.2) is 0 Å². The third-order valence-electron chi connectivity index (χ3n) is 3.79. The number of carbonyl (C=O) groups excluding carboxylic acids is 1. The third kappa shape index (κ3) is 2.84. The number of carbonyl (C=O) groups is 1. The van der Waals surface area contributed by atoms with Crippen LogP contribution in [0.3, 0.4) is 0 Å². The molecule has 4 rings (SSSR count). The Kier molecular flexibility index (Phi) is 3.77. The first kappa shape index (κ1) is 15.7. The Balaban J connectivity index is 1.72. The number of halogens is 1. The van der Waals surface area contributed by atoms with Crippen molar-refractivity contribution in [2.24, 2.45) is 5.73 Å². The third-order valence-corrected chi connectivity index (χ3v) is 3.79. The van der Waals surface area contributed by atoms with Gasteiger partial charge in [0, 0.05) is 16.8 Å². The second kappa shape index (κ2) is 6.25. The summed E-state index contributed by atoms with van der Waals surface area (Å²) >= 11 is 0. The molecule has 2 N–H and O–H groups in total. The molecule has 4 aromatic rings. The van der Waals surface area contributed by atoms with Crippen molar-refractivity contribution in [2.75, 3.05) is 0 Å². The van der Waals surface area contributed by atoms with E-state index in [1.165, 1.54) is 12.1 Å². The summed E-state index contributed by atoms with van der Waals surface area (Å²) in [4.78, 5) is 19.8. The summed E-state index contributed by atoms with van der Waals surface area (Å²) in [5, 5.41) is 3.95. The van der Waals surface area contributed by atoms with Gasteiger partial charge >= 0.3 is 0 Å². The topological polar surface area (TPSA) is 99.8 Å². The lowest BCUT2D eigenvalue weighted by atomic mass is 10.1. The van der Waals surface area contributed by atoms with Gasteiger partial charge in [0.1, 0.15) is 11.5 Å². The molecule has 26 heavy (non-hydrogen) atoms. The minimum absolute atomic E-state index is 0.242. The summed E-state index contributed by atoms with van der Waals surface area (Å²) in [5.74, 6) is -0.309. The van der Waals surface area contributed by atoms with E-state index in [-0.39, 0.29) is 11.7 Å². The van der Waals surface area contributed by atoms with Crippen LogP contribution in [0.2, 0.25) is 0 Å². The number of amides is 1. The summed E-state index contributed by atoms with van der Waals surface area (Å²) in [5.41, 5.74) is 7.51. The first-order valence-corrected chi connectivity index (χ1v) is 7.64. The molecular formula is C18H12FN5O2. The van der Waals surface area contributed by atoms with Gasteiger partial charge < -0.3 is 10.3 Å². The van der Waals surface area contributed by atoms with Crippen LogP contribution in [0.15, 0.2) is 65.6 Å². The van der Waals surface area contributed by atoms with Crippen molar-refractivity contribution >= 4 is 5.91 Å². The highest BCUT2D eigenvalue weighted by molar-refractivity contribution is 5.93. The predicted octanol–water partition coefficient (Wildman–Crippen LogP) is 2.83. The Hall–Kier alpha value is -3.81. The van der Waals surface area contributed by atoms with Crippen LogP contribution in [0.5, 0.6) is 0 Å². The summed E-state index contributed by atoms with van der Waals surface area (Å²) in [6, 6.07) is 12.6. The molecule has 0 aliphatic rings. The van der Waals surface area contributed by atoms with E-state index in [0.29, 0.717) is 28.3 Å². The van der Waals surface area contributed by atoms with Crippen LogP contribution in [0.25, 0.3) is 28.7 Å². The lowest BCUT2D eigenvalue weighted by Gasteiger charge is -2.04. The maximum atomic E-state index is 13.1. The summed E-state index contributed by atoms with van der Waals surface area (Å²) in [6.45, 7) is 0. The Morgan fingerprint density at radius 1 is 1.15 bits per heavy atom. The van der Waals surface area contributed by atoms with Gasteiger partial charge in [-0.05, 0) is 36.4 Å². The van der Waals surface area contributed by atoms with E-state index < -0.39 is 5.91 Å². The largest absolute Gasteiger partial charge is 0.366 e. The van der Waals surface area contributed by atoms with E-state index in [1.54, 1.807) is 53.5 Å². The van der Waals surface area contributed by atoms with Crippen LogP contribution < -0.4 is 5.73 Å². The van der Waals surface area contributed by atoms with Gasteiger partial charge in [0.2, 0.25) is 11.7 Å². The second-order valence-corrected chi connectivity index (χ2v) is 5.49. The van der Waals surface area contributed by atoms with E-state index in [9.17, 15) is 9.18 Å². The van der Waals surface area contributed by atoms with Gasteiger partial charge in [-0.25, -0.2) is 9.37 Å². The Bertz CT molecular complexity index is 1080. The van der Waals surface area contributed by atoms with Crippen molar-refractivity contribution in [3.63, 3.8) is 0 Å². The molecule has 0 saturated heterocycles. The number of aromatic nitrogens is 4. The van der Waals surface area contributed by atoms with E-state index in [0.717, 1.165) is 0 Å². The molecule has 0 unspecified atom stereocenters. The number of hydrogen-bond donors (Lipinski definition) is 1. The fourth-order valence-corrected chi connectivity index (χ4v) is 2.52. The quantitative estimate of drug-likeness (QED) is 0.611. The molecule has 0 bridgehead atoms. The lowest BCUT2D eigenvalue weighted by molar-refractivity contribution is 0.100. The van der Waals surface area contributed by atoms with Crippen molar-refractivity contribution in [1.82, 2.24) is 19.7 Å². The smallest absolute Gasteiger partial charge is 0.276 e. The van der Waals surface area contributed by atoms with Crippen LogP contribution in [0.4, 0.5) is 4.39 Å². The number of rotatable bonds is 4. The number of hydrogen-bond acceptors (Lipinski definition) is 5. The standard InChI is InChI=1S/C18H12FN5O2/c19-13-4-6-14(7-5-13)24-10-21-9-15(24)18-22-17(23-26-18)12-3-1-2-11(8-12)16(20)25/h1-10H,(H2,20,25). The van der Waals surface area contributed by atoms with Crippen molar-refractivity contribution in [3.8, 4) is 28.7 Å². The molecule has 0 aliphatic carbocycles. The van der Waals surface area contributed by atoms with Crippen LogP contribution in [0.1, 0.15) is 10.4 Å². The molecule has 0 saturated carbocycles. The van der Waals surface area contributed by atoms with Crippen molar-refractivity contribution < 1.29 is 13.7 Å². The summed E-state index contributed by atoms with van der Waals surface area (Å²) in [6.07, 6.45) is 3.14. The number of nitrogens with zero attached hydrogens (tertiary/aromatic N) is 4. The Morgan fingerprint density at radius 3 is 2.73 bits per heavy atom. The average Bonchev–Trinajstić information content (AvgIpc) is 3.31. The van der Waals surface area contributed by atoms with E-state index >= 15 is 0 Å². The molecule has 7 nitrogen and oxygen atoms in total. The van der Waals surface area contributed by atoms with Gasteiger partial charge in [-0.3, -0.25) is 9.36 Å².